The second-order valence-electron chi connectivity index (χ2n) is 10.8. The fourth-order valence-electron chi connectivity index (χ4n) is 5.26. The highest BCUT2D eigenvalue weighted by molar-refractivity contribution is 7.89. The third kappa shape index (κ3) is 7.20. The van der Waals surface area contributed by atoms with E-state index in [-0.39, 0.29) is 16.5 Å². The lowest BCUT2D eigenvalue weighted by atomic mass is 9.84. The predicted octanol–water partition coefficient (Wildman–Crippen LogP) is 5.91. The highest BCUT2D eigenvalue weighted by atomic mass is 32.2. The zero-order valence-corrected chi connectivity index (χ0v) is 25.5. The van der Waals surface area contributed by atoms with Gasteiger partial charge in [-0.25, -0.2) is 35.2 Å². The molecule has 0 saturated heterocycles. The van der Waals surface area contributed by atoms with Crippen molar-refractivity contribution >= 4 is 33.6 Å². The van der Waals surface area contributed by atoms with Crippen molar-refractivity contribution < 1.29 is 54.6 Å². The number of amides is 1. The van der Waals surface area contributed by atoms with Crippen LogP contribution in [-0.4, -0.2) is 49.3 Å². The molecule has 1 aliphatic carbocycles. The van der Waals surface area contributed by atoms with E-state index in [4.69, 9.17) is 4.74 Å². The fraction of sp³-hybridized carbons (Fsp3) is 0.323. The fourth-order valence-corrected chi connectivity index (χ4v) is 6.48. The number of nitrogens with zero attached hydrogens (tertiary/aromatic N) is 2. The Morgan fingerprint density at radius 3 is 1.98 bits per heavy atom. The molecule has 1 fully saturated rings. The van der Waals surface area contributed by atoms with Gasteiger partial charge in [0.2, 0.25) is 21.7 Å². The summed E-state index contributed by atoms with van der Waals surface area (Å²) in [4.78, 5) is 35.9. The number of halogens is 5. The molecular formula is C31H29F5N2O7S. The largest absolute Gasteiger partial charge is 0.478 e. The summed E-state index contributed by atoms with van der Waals surface area (Å²) < 4.78 is 101. The Morgan fingerprint density at radius 1 is 0.870 bits per heavy atom. The first-order valence-electron chi connectivity index (χ1n) is 14.1. The highest BCUT2D eigenvalue weighted by Gasteiger charge is 2.37. The zero-order valence-electron chi connectivity index (χ0n) is 24.7. The number of hydrogen-bond acceptors (Lipinski definition) is 6. The molecule has 0 spiro atoms. The topological polar surface area (TPSA) is 121 Å². The Labute approximate surface area is 261 Å². The van der Waals surface area contributed by atoms with Crippen LogP contribution in [0.15, 0.2) is 47.4 Å². The minimum absolute atomic E-state index is 0.0513. The summed E-state index contributed by atoms with van der Waals surface area (Å²) in [7, 11) is -4.76. The maximum Gasteiger partial charge on any atom is 0.339 e. The number of rotatable bonds is 10. The maximum absolute atomic E-state index is 14.4. The lowest BCUT2D eigenvalue weighted by Gasteiger charge is -2.27. The Morgan fingerprint density at radius 2 is 1.43 bits per heavy atom. The van der Waals surface area contributed by atoms with Crippen LogP contribution >= 0.6 is 0 Å². The van der Waals surface area contributed by atoms with Crippen molar-refractivity contribution in [2.75, 3.05) is 18.5 Å². The molecule has 3 aromatic rings. The SMILES string of the molecule is CC(=O)Oc1cc(N(Cc2ccc(C3CCCCC3)cc2)C(=O)CN(C)S(=O)(=O)c2c(F)c(F)c(F)c(F)c2F)ccc1C(=O)O. The molecule has 9 nitrogen and oxygen atoms in total. The van der Waals surface area contributed by atoms with Gasteiger partial charge in [0.25, 0.3) is 0 Å². The third-order valence-electron chi connectivity index (χ3n) is 7.65. The average molecular weight is 669 g/mol. The van der Waals surface area contributed by atoms with Gasteiger partial charge in [-0.2, -0.15) is 4.31 Å². The van der Waals surface area contributed by atoms with Gasteiger partial charge in [0, 0.05) is 25.7 Å². The van der Waals surface area contributed by atoms with E-state index in [9.17, 15) is 49.9 Å². The Kier molecular flexibility index (Phi) is 10.5. The molecule has 15 heteroatoms. The minimum atomic E-state index is -5.46. The quantitative estimate of drug-likeness (QED) is 0.0938. The van der Waals surface area contributed by atoms with Gasteiger partial charge >= 0.3 is 11.9 Å². The molecule has 0 radical (unpaired) electrons. The van der Waals surface area contributed by atoms with Gasteiger partial charge in [-0.3, -0.25) is 9.59 Å². The Bertz CT molecular complexity index is 1750. The number of carbonyl (C=O) groups excluding carboxylic acids is 2. The Balaban J connectivity index is 1.71. The van der Waals surface area contributed by atoms with Gasteiger partial charge in [-0.15, -0.1) is 0 Å². The average Bonchev–Trinajstić information content (AvgIpc) is 3.01. The van der Waals surface area contributed by atoms with Crippen molar-refractivity contribution in [3.63, 3.8) is 0 Å². The summed E-state index contributed by atoms with van der Waals surface area (Å²) in [5, 5.41) is 9.52. The van der Waals surface area contributed by atoms with Gasteiger partial charge in [0.15, 0.2) is 28.2 Å². The van der Waals surface area contributed by atoms with Crippen molar-refractivity contribution in [2.45, 2.75) is 56.4 Å². The van der Waals surface area contributed by atoms with E-state index in [2.05, 4.69) is 0 Å². The van der Waals surface area contributed by atoms with Gasteiger partial charge in [-0.1, -0.05) is 43.5 Å². The van der Waals surface area contributed by atoms with Crippen LogP contribution in [0.1, 0.15) is 66.4 Å². The van der Waals surface area contributed by atoms with Gasteiger partial charge < -0.3 is 14.7 Å². The van der Waals surface area contributed by atoms with Crippen LogP contribution in [0.5, 0.6) is 5.75 Å². The predicted molar refractivity (Wildman–Crippen MR) is 154 cm³/mol. The number of anilines is 1. The van der Waals surface area contributed by atoms with Crippen LogP contribution in [0, 0.1) is 29.1 Å². The van der Waals surface area contributed by atoms with Crippen LogP contribution in [-0.2, 0) is 26.2 Å². The lowest BCUT2D eigenvalue weighted by Crippen LogP contribution is -2.41. The smallest absolute Gasteiger partial charge is 0.339 e. The van der Waals surface area contributed by atoms with Crippen LogP contribution in [0.4, 0.5) is 27.6 Å². The first-order chi connectivity index (χ1) is 21.6. The molecular weight excluding hydrogens is 639 g/mol. The van der Waals surface area contributed by atoms with E-state index < -0.39 is 79.7 Å². The molecule has 0 heterocycles. The molecule has 0 unspecified atom stereocenters. The van der Waals surface area contributed by atoms with Crippen molar-refractivity contribution in [3.8, 4) is 5.75 Å². The molecule has 0 bridgehead atoms. The molecule has 1 aliphatic rings. The minimum Gasteiger partial charge on any atom is -0.478 e. The zero-order chi connectivity index (χ0) is 33.9. The number of aromatic carboxylic acids is 1. The number of carbonyl (C=O) groups is 3. The number of esters is 1. The number of hydrogen-bond donors (Lipinski definition) is 1. The van der Waals surface area contributed by atoms with Crippen LogP contribution in [0.2, 0.25) is 0 Å². The molecule has 1 amide bonds. The molecule has 0 atom stereocenters. The van der Waals surface area contributed by atoms with E-state index in [1.165, 1.54) is 6.07 Å². The molecule has 246 valence electrons. The molecule has 1 N–H and O–H groups in total. The van der Waals surface area contributed by atoms with Crippen molar-refractivity contribution in [1.29, 1.82) is 0 Å². The molecule has 46 heavy (non-hydrogen) atoms. The molecule has 4 rings (SSSR count). The van der Waals surface area contributed by atoms with Crippen LogP contribution in [0.25, 0.3) is 0 Å². The van der Waals surface area contributed by atoms with Gasteiger partial charge in [-0.05, 0) is 42.0 Å². The van der Waals surface area contributed by atoms with Gasteiger partial charge in [0.1, 0.15) is 11.3 Å². The van der Waals surface area contributed by atoms with Crippen LogP contribution in [0.3, 0.4) is 0 Å². The summed E-state index contributed by atoms with van der Waals surface area (Å²) >= 11 is 0. The summed E-state index contributed by atoms with van der Waals surface area (Å²) in [6.07, 6.45) is 5.43. The second-order valence-corrected chi connectivity index (χ2v) is 12.8. The maximum atomic E-state index is 14.4. The number of sulfonamides is 1. The standard InChI is InChI=1S/C31H29F5N2O7S/c1-17(39)45-23-14-21(12-13-22(23)31(41)42)38(15-18-8-10-20(11-9-18)19-6-4-3-5-7-19)24(40)16-37(2)46(43,44)30-28(35)26(33)25(32)27(34)29(30)36/h8-14,19H,3-7,15-16H2,1-2H3,(H,41,42). The highest BCUT2D eigenvalue weighted by Crippen LogP contribution is 2.34. The monoisotopic (exact) mass is 668 g/mol. The lowest BCUT2D eigenvalue weighted by molar-refractivity contribution is -0.131. The van der Waals surface area contributed by atoms with E-state index >= 15 is 0 Å². The van der Waals surface area contributed by atoms with Crippen molar-refractivity contribution in [1.82, 2.24) is 4.31 Å². The summed E-state index contributed by atoms with van der Waals surface area (Å²) in [6, 6.07) is 10.6. The van der Waals surface area contributed by atoms with Gasteiger partial charge in [0.05, 0.1) is 13.1 Å². The van der Waals surface area contributed by atoms with Crippen molar-refractivity contribution in [3.05, 3.63) is 88.2 Å². The van der Waals surface area contributed by atoms with E-state index in [1.54, 1.807) is 12.1 Å². The summed E-state index contributed by atoms with van der Waals surface area (Å²) in [6.45, 7) is -0.355. The second kappa shape index (κ2) is 14.0. The number of carboxylic acids is 1. The van der Waals surface area contributed by atoms with E-state index in [0.717, 1.165) is 61.6 Å². The number of carboxylic acid groups (broad SMARTS) is 1. The third-order valence-corrected chi connectivity index (χ3v) is 9.48. The first-order valence-corrected chi connectivity index (χ1v) is 15.5. The first kappa shape index (κ1) is 34.5. The molecule has 0 aliphatic heterocycles. The normalized spacial score (nSPS) is 13.9. The Hall–Kier alpha value is -4.37. The number of ether oxygens (including phenoxy) is 1. The number of benzene rings is 3. The number of likely N-dealkylation sites (N-methyl/N-ethyl adjacent to an activating group) is 1. The molecule has 1 saturated carbocycles. The summed E-state index contributed by atoms with van der Waals surface area (Å²) in [5.41, 5.74) is 1.17. The molecule has 3 aromatic carbocycles. The van der Waals surface area contributed by atoms with Crippen LogP contribution < -0.4 is 9.64 Å². The van der Waals surface area contributed by atoms with E-state index in [1.807, 2.05) is 12.1 Å². The summed E-state index contributed by atoms with van der Waals surface area (Å²) in [5.74, 6) is -16.1. The molecule has 0 aromatic heterocycles. The van der Waals surface area contributed by atoms with E-state index in [0.29, 0.717) is 18.5 Å². The van der Waals surface area contributed by atoms with Crippen molar-refractivity contribution in [2.24, 2.45) is 0 Å².